The third-order valence-corrected chi connectivity index (χ3v) is 4.41. The van der Waals surface area contributed by atoms with Crippen molar-refractivity contribution in [3.8, 4) is 5.82 Å². The van der Waals surface area contributed by atoms with Crippen LogP contribution >= 0.6 is 0 Å². The van der Waals surface area contributed by atoms with E-state index in [0.717, 1.165) is 5.56 Å². The number of hydrogen-bond acceptors (Lipinski definition) is 4. The van der Waals surface area contributed by atoms with Crippen molar-refractivity contribution in [2.45, 2.75) is 38.6 Å². The Morgan fingerprint density at radius 3 is 2.64 bits per heavy atom. The fraction of sp³-hybridized carbons (Fsp3) is 0.412. The van der Waals surface area contributed by atoms with E-state index < -0.39 is 5.97 Å². The van der Waals surface area contributed by atoms with Gasteiger partial charge in [-0.1, -0.05) is 0 Å². The van der Waals surface area contributed by atoms with Crippen molar-refractivity contribution in [1.29, 1.82) is 0 Å². The minimum atomic E-state index is -0.752. The van der Waals surface area contributed by atoms with Crippen LogP contribution in [0.2, 0.25) is 0 Å². The summed E-state index contributed by atoms with van der Waals surface area (Å²) in [6, 6.07) is 5.13. The van der Waals surface area contributed by atoms with Crippen LogP contribution in [0.15, 0.2) is 30.6 Å². The molecule has 25 heavy (non-hydrogen) atoms. The highest BCUT2D eigenvalue weighted by Gasteiger charge is 2.26. The molecule has 0 unspecified atom stereocenters. The first-order valence-corrected chi connectivity index (χ1v) is 8.30. The van der Waals surface area contributed by atoms with Crippen molar-refractivity contribution in [3.63, 3.8) is 0 Å². The maximum Gasteiger partial charge on any atom is 0.320 e. The zero-order chi connectivity index (χ0) is 17.8. The number of hydrogen-bond donors (Lipinski definition) is 3. The molecule has 0 saturated heterocycles. The van der Waals surface area contributed by atoms with Gasteiger partial charge >= 0.3 is 12.0 Å². The molecular weight excluding hydrogens is 322 g/mol. The lowest BCUT2D eigenvalue weighted by atomic mass is 9.86. The lowest BCUT2D eigenvalue weighted by molar-refractivity contribution is -0.142. The maximum atomic E-state index is 12.2. The molecule has 1 aliphatic carbocycles. The van der Waals surface area contributed by atoms with Crippen LogP contribution in [0.3, 0.4) is 0 Å². The SMILES string of the molecule is Cc1ccnc(-n2nccc2NC(=O)NC2CCC(C(=O)O)CC2)c1. The number of aryl methyl sites for hydroxylation is 1. The van der Waals surface area contributed by atoms with Crippen LogP contribution in [0.4, 0.5) is 10.6 Å². The zero-order valence-corrected chi connectivity index (χ0v) is 14.0. The molecule has 1 fully saturated rings. The first kappa shape index (κ1) is 16.9. The van der Waals surface area contributed by atoms with Gasteiger partial charge in [0.05, 0.1) is 12.1 Å². The number of nitrogens with zero attached hydrogens (tertiary/aromatic N) is 3. The molecule has 0 bridgehead atoms. The number of urea groups is 1. The number of carboxylic acid groups (broad SMARTS) is 1. The molecule has 0 aliphatic heterocycles. The minimum absolute atomic E-state index is 0.0101. The summed E-state index contributed by atoms with van der Waals surface area (Å²) in [4.78, 5) is 27.5. The molecule has 3 N–H and O–H groups in total. The topological polar surface area (TPSA) is 109 Å². The largest absolute Gasteiger partial charge is 0.481 e. The average molecular weight is 343 g/mol. The highest BCUT2D eigenvalue weighted by molar-refractivity contribution is 5.88. The number of carboxylic acids is 1. The highest BCUT2D eigenvalue weighted by atomic mass is 16.4. The second-order valence-corrected chi connectivity index (χ2v) is 6.30. The Morgan fingerprint density at radius 2 is 1.96 bits per heavy atom. The lowest BCUT2D eigenvalue weighted by Gasteiger charge is -2.26. The Bertz CT molecular complexity index is 765. The van der Waals surface area contributed by atoms with Crippen molar-refractivity contribution in [3.05, 3.63) is 36.2 Å². The standard InChI is InChI=1S/C17H21N5O3/c1-11-6-8-18-15(10-11)22-14(7-9-19-22)21-17(25)20-13-4-2-12(3-5-13)16(23)24/h6-10,12-13H,2-5H2,1H3,(H,23,24)(H2,20,21,25). The van der Waals surface area contributed by atoms with E-state index in [1.54, 1.807) is 23.1 Å². The Labute approximate surface area is 145 Å². The van der Waals surface area contributed by atoms with Crippen LogP contribution in [0.25, 0.3) is 5.82 Å². The van der Waals surface area contributed by atoms with Gasteiger partial charge in [0, 0.05) is 18.3 Å². The summed E-state index contributed by atoms with van der Waals surface area (Å²) in [5, 5.41) is 18.9. The van der Waals surface area contributed by atoms with E-state index in [1.165, 1.54) is 0 Å². The highest BCUT2D eigenvalue weighted by Crippen LogP contribution is 2.24. The van der Waals surface area contributed by atoms with Crippen molar-refractivity contribution < 1.29 is 14.7 Å². The van der Waals surface area contributed by atoms with E-state index in [2.05, 4.69) is 20.7 Å². The van der Waals surface area contributed by atoms with Gasteiger partial charge in [0.15, 0.2) is 5.82 Å². The van der Waals surface area contributed by atoms with Crippen molar-refractivity contribution >= 4 is 17.8 Å². The first-order chi connectivity index (χ1) is 12.0. The second kappa shape index (κ2) is 7.33. The molecule has 1 aliphatic rings. The molecule has 2 aromatic heterocycles. The summed E-state index contributed by atoms with van der Waals surface area (Å²) in [6.45, 7) is 1.96. The molecular formula is C17H21N5O3. The van der Waals surface area contributed by atoms with Crippen molar-refractivity contribution in [2.75, 3.05) is 5.32 Å². The predicted octanol–water partition coefficient (Wildman–Crippen LogP) is 2.34. The molecule has 132 valence electrons. The predicted molar refractivity (Wildman–Crippen MR) is 91.6 cm³/mol. The Hall–Kier alpha value is -2.90. The summed E-state index contributed by atoms with van der Waals surface area (Å²) in [5.41, 5.74) is 1.05. The monoisotopic (exact) mass is 343 g/mol. The normalized spacial score (nSPS) is 20.0. The van der Waals surface area contributed by atoms with Gasteiger partial charge in [-0.2, -0.15) is 9.78 Å². The average Bonchev–Trinajstić information content (AvgIpc) is 3.03. The summed E-state index contributed by atoms with van der Waals surface area (Å²) >= 11 is 0. The van der Waals surface area contributed by atoms with E-state index in [4.69, 9.17) is 5.11 Å². The van der Waals surface area contributed by atoms with E-state index in [9.17, 15) is 9.59 Å². The number of amides is 2. The Kier molecular flexibility index (Phi) is 4.97. The quantitative estimate of drug-likeness (QED) is 0.789. The zero-order valence-electron chi connectivity index (χ0n) is 14.0. The summed E-state index contributed by atoms with van der Waals surface area (Å²) in [6.07, 6.45) is 5.80. The van der Waals surface area contributed by atoms with Crippen LogP contribution in [0, 0.1) is 12.8 Å². The van der Waals surface area contributed by atoms with E-state index >= 15 is 0 Å². The molecule has 8 heteroatoms. The number of nitrogens with one attached hydrogen (secondary N) is 2. The molecule has 2 heterocycles. The Balaban J connectivity index is 1.59. The molecule has 2 aromatic rings. The van der Waals surface area contributed by atoms with Gasteiger partial charge in [0.25, 0.3) is 0 Å². The summed E-state index contributed by atoms with van der Waals surface area (Å²) in [7, 11) is 0. The van der Waals surface area contributed by atoms with Crippen molar-refractivity contribution in [2.24, 2.45) is 5.92 Å². The van der Waals surface area contributed by atoms with Gasteiger partial charge in [-0.05, 0) is 50.3 Å². The van der Waals surface area contributed by atoms with Gasteiger partial charge in [-0.3, -0.25) is 10.1 Å². The number of aliphatic carboxylic acids is 1. The van der Waals surface area contributed by atoms with E-state index in [1.807, 2.05) is 19.1 Å². The van der Waals surface area contributed by atoms with Gasteiger partial charge in [0.1, 0.15) is 5.82 Å². The summed E-state index contributed by atoms with van der Waals surface area (Å²) in [5.74, 6) is 0.101. The molecule has 0 spiro atoms. The van der Waals surface area contributed by atoms with Gasteiger partial charge in [-0.15, -0.1) is 0 Å². The fourth-order valence-electron chi connectivity index (χ4n) is 3.04. The molecule has 0 radical (unpaired) electrons. The van der Waals surface area contributed by atoms with Gasteiger partial charge in [0.2, 0.25) is 0 Å². The minimum Gasteiger partial charge on any atom is -0.481 e. The lowest BCUT2D eigenvalue weighted by Crippen LogP contribution is -2.41. The molecule has 0 aromatic carbocycles. The smallest absolute Gasteiger partial charge is 0.320 e. The number of aromatic nitrogens is 3. The second-order valence-electron chi connectivity index (χ2n) is 6.30. The van der Waals surface area contributed by atoms with E-state index in [0.29, 0.717) is 37.3 Å². The number of pyridine rings is 1. The molecule has 2 amide bonds. The molecule has 0 atom stereocenters. The third kappa shape index (κ3) is 4.14. The maximum absolute atomic E-state index is 12.2. The Morgan fingerprint density at radius 1 is 1.20 bits per heavy atom. The number of anilines is 1. The first-order valence-electron chi connectivity index (χ1n) is 8.30. The molecule has 1 saturated carbocycles. The van der Waals surface area contributed by atoms with Crippen LogP contribution in [-0.2, 0) is 4.79 Å². The molecule has 8 nitrogen and oxygen atoms in total. The number of carbonyl (C=O) groups is 2. The van der Waals surface area contributed by atoms with Crippen LogP contribution in [-0.4, -0.2) is 37.9 Å². The van der Waals surface area contributed by atoms with Crippen LogP contribution < -0.4 is 10.6 Å². The number of carbonyl (C=O) groups excluding carboxylic acids is 1. The number of rotatable bonds is 4. The van der Waals surface area contributed by atoms with Crippen LogP contribution in [0.5, 0.6) is 0 Å². The van der Waals surface area contributed by atoms with Gasteiger partial charge in [-0.25, -0.2) is 9.78 Å². The van der Waals surface area contributed by atoms with Gasteiger partial charge < -0.3 is 10.4 Å². The third-order valence-electron chi connectivity index (χ3n) is 4.41. The fourth-order valence-corrected chi connectivity index (χ4v) is 3.04. The summed E-state index contributed by atoms with van der Waals surface area (Å²) < 4.78 is 1.56. The van der Waals surface area contributed by atoms with E-state index in [-0.39, 0.29) is 18.0 Å². The van der Waals surface area contributed by atoms with Crippen LogP contribution in [0.1, 0.15) is 31.2 Å². The van der Waals surface area contributed by atoms with Crippen molar-refractivity contribution in [1.82, 2.24) is 20.1 Å². The molecule has 3 rings (SSSR count).